The Bertz CT molecular complexity index is 1120. The van der Waals surface area contributed by atoms with Crippen molar-refractivity contribution in [1.82, 2.24) is 14.8 Å². The summed E-state index contributed by atoms with van der Waals surface area (Å²) >= 11 is 4.19. The number of aryl methyl sites for hydroxylation is 1. The second-order valence-corrected chi connectivity index (χ2v) is 11.3. The van der Waals surface area contributed by atoms with Crippen LogP contribution in [-0.4, -0.2) is 61.8 Å². The normalized spacial score (nSPS) is 24.6. The number of aliphatic carboxylic acids is 1. The van der Waals surface area contributed by atoms with Gasteiger partial charge in [0.05, 0.1) is 6.42 Å². The molecule has 0 radical (unpaired) electrons. The van der Waals surface area contributed by atoms with Crippen LogP contribution >= 0.6 is 34.9 Å². The summed E-state index contributed by atoms with van der Waals surface area (Å²) in [4.78, 5) is 52.4. The summed E-state index contributed by atoms with van der Waals surface area (Å²) in [5.74, 6) is -0.854. The number of aromatic nitrogens is 1. The van der Waals surface area contributed by atoms with Gasteiger partial charge in [0.2, 0.25) is 11.8 Å². The number of thiophene rings is 1. The quantitative estimate of drug-likeness (QED) is 0.445. The molecule has 2 aromatic heterocycles. The highest BCUT2D eigenvalue weighted by Gasteiger charge is 2.57. The molecule has 170 valence electrons. The molecule has 2 aliphatic rings. The van der Waals surface area contributed by atoms with Gasteiger partial charge in [-0.1, -0.05) is 6.07 Å². The summed E-state index contributed by atoms with van der Waals surface area (Å²) in [6.07, 6.45) is 0.227. The van der Waals surface area contributed by atoms with Gasteiger partial charge in [-0.15, -0.1) is 34.9 Å². The Balaban J connectivity index is 1.40. The molecule has 0 spiro atoms. The van der Waals surface area contributed by atoms with E-state index in [1.165, 1.54) is 45.5 Å². The number of β-lactam (4-membered cyclic amide) rings is 1. The second kappa shape index (κ2) is 8.95. The minimum atomic E-state index is -1.12. The number of amides is 2. The molecule has 11 heteroatoms. The van der Waals surface area contributed by atoms with E-state index in [-0.39, 0.29) is 41.5 Å². The summed E-state index contributed by atoms with van der Waals surface area (Å²) < 4.78 is 1.53. The highest BCUT2D eigenvalue weighted by Crippen LogP contribution is 2.44. The lowest BCUT2D eigenvalue weighted by Gasteiger charge is -2.53. The average molecular weight is 494 g/mol. The van der Waals surface area contributed by atoms with Gasteiger partial charge in [-0.05, 0) is 24.4 Å². The number of fused-ring (bicyclic) bond motifs is 1. The number of carbonyl (C=O) groups is 3. The molecule has 0 aromatic carbocycles. The molecule has 2 N–H and O–H groups in total. The monoisotopic (exact) mass is 493 g/mol. The third-order valence-electron chi connectivity index (χ3n) is 5.82. The average Bonchev–Trinajstić information content (AvgIpc) is 3.26. The van der Waals surface area contributed by atoms with Crippen LogP contribution in [-0.2, 0) is 27.9 Å². The molecule has 0 aliphatic carbocycles. The largest absolute Gasteiger partial charge is 0.481 e. The molecule has 2 fully saturated rings. The van der Waals surface area contributed by atoms with Crippen molar-refractivity contribution in [3.8, 4) is 0 Å². The maximum absolute atomic E-state index is 12.7. The molecule has 0 bridgehead atoms. The van der Waals surface area contributed by atoms with Crippen LogP contribution < -0.4 is 10.9 Å². The maximum Gasteiger partial charge on any atom is 0.313 e. The number of carbonyl (C=O) groups excluding carboxylic acids is 2. The van der Waals surface area contributed by atoms with Crippen molar-refractivity contribution in [2.75, 3.05) is 18.1 Å². The van der Waals surface area contributed by atoms with E-state index in [9.17, 15) is 24.3 Å². The Hall–Kier alpha value is -2.24. The molecular formula is C21H23N3O5S3. The van der Waals surface area contributed by atoms with E-state index in [2.05, 4.69) is 5.32 Å². The zero-order valence-electron chi connectivity index (χ0n) is 17.6. The van der Waals surface area contributed by atoms with Gasteiger partial charge < -0.3 is 19.9 Å². The summed E-state index contributed by atoms with van der Waals surface area (Å²) in [6, 6.07) is 6.48. The molecule has 3 atom stereocenters. The van der Waals surface area contributed by atoms with E-state index in [1.54, 1.807) is 11.9 Å². The molecule has 2 amide bonds. The van der Waals surface area contributed by atoms with Gasteiger partial charge in [-0.2, -0.15) is 0 Å². The summed E-state index contributed by atoms with van der Waals surface area (Å²) in [6.45, 7) is 1.91. The Morgan fingerprint density at radius 2 is 2.12 bits per heavy atom. The first-order valence-corrected chi connectivity index (χ1v) is 12.9. The standard InChI is InChI=1S/C21H23N3O5S3/c1-12-6-14(8-16(26)23(12)2)31-10-21(20(28)29)9-24-18(27)17(19(24)32-11-21)22-15(25)7-13-4-3-5-30-13/h3-6,8,17,19H,7,9-11H2,1-2H3,(H,22,25)(H,28,29)/t17-,19-,21?/m1/s1. The van der Waals surface area contributed by atoms with E-state index in [0.29, 0.717) is 10.6 Å². The lowest BCUT2D eigenvalue weighted by molar-refractivity contribution is -0.157. The number of carboxylic acid groups (broad SMARTS) is 1. The number of nitrogens with zero attached hydrogens (tertiary/aromatic N) is 2. The van der Waals surface area contributed by atoms with Crippen molar-refractivity contribution >= 4 is 52.6 Å². The van der Waals surface area contributed by atoms with Gasteiger partial charge in [0.1, 0.15) is 16.8 Å². The van der Waals surface area contributed by atoms with Gasteiger partial charge in [-0.25, -0.2) is 0 Å². The Morgan fingerprint density at radius 3 is 2.78 bits per heavy atom. The number of nitrogens with one attached hydrogen (secondary N) is 1. The Labute approximate surface area is 197 Å². The fourth-order valence-electron chi connectivity index (χ4n) is 3.74. The minimum absolute atomic E-state index is 0.0902. The smallest absolute Gasteiger partial charge is 0.313 e. The molecule has 2 aliphatic heterocycles. The third kappa shape index (κ3) is 4.33. The van der Waals surface area contributed by atoms with E-state index >= 15 is 0 Å². The van der Waals surface area contributed by atoms with Crippen LogP contribution in [0.25, 0.3) is 0 Å². The van der Waals surface area contributed by atoms with Crippen molar-refractivity contribution in [2.45, 2.75) is 29.7 Å². The number of rotatable bonds is 7. The zero-order chi connectivity index (χ0) is 23.0. The van der Waals surface area contributed by atoms with Gasteiger partial charge in [0.15, 0.2) is 0 Å². The topological polar surface area (TPSA) is 109 Å². The van der Waals surface area contributed by atoms with E-state index in [0.717, 1.165) is 10.6 Å². The molecular weight excluding hydrogens is 470 g/mol. The number of carboxylic acids is 1. The number of pyridine rings is 1. The third-order valence-corrected chi connectivity index (χ3v) is 9.55. The Kier molecular flexibility index (Phi) is 6.42. The summed E-state index contributed by atoms with van der Waals surface area (Å²) in [5, 5.41) is 14.4. The summed E-state index contributed by atoms with van der Waals surface area (Å²) in [5.41, 5.74) is -0.474. The van der Waals surface area contributed by atoms with Crippen LogP contribution in [0.2, 0.25) is 0 Å². The van der Waals surface area contributed by atoms with Gasteiger partial charge >= 0.3 is 5.97 Å². The number of hydrogen-bond acceptors (Lipinski definition) is 7. The van der Waals surface area contributed by atoms with Crippen molar-refractivity contribution in [3.05, 3.63) is 50.6 Å². The molecule has 0 saturated carbocycles. The summed E-state index contributed by atoms with van der Waals surface area (Å²) in [7, 11) is 1.69. The first-order valence-electron chi connectivity index (χ1n) is 9.98. The maximum atomic E-state index is 12.7. The van der Waals surface area contributed by atoms with Crippen molar-refractivity contribution in [2.24, 2.45) is 12.5 Å². The molecule has 2 saturated heterocycles. The van der Waals surface area contributed by atoms with Crippen molar-refractivity contribution < 1.29 is 19.5 Å². The molecule has 2 aromatic rings. The van der Waals surface area contributed by atoms with Crippen LogP contribution in [0.15, 0.2) is 39.3 Å². The predicted molar refractivity (Wildman–Crippen MR) is 125 cm³/mol. The van der Waals surface area contributed by atoms with Crippen LogP contribution in [0.3, 0.4) is 0 Å². The lowest BCUT2D eigenvalue weighted by Crippen LogP contribution is -2.74. The van der Waals surface area contributed by atoms with Gasteiger partial charge in [-0.3, -0.25) is 19.2 Å². The van der Waals surface area contributed by atoms with Crippen LogP contribution in [0, 0.1) is 12.3 Å². The lowest BCUT2D eigenvalue weighted by atomic mass is 9.89. The molecule has 4 heterocycles. The van der Waals surface area contributed by atoms with Gasteiger partial charge in [0.25, 0.3) is 5.56 Å². The van der Waals surface area contributed by atoms with Crippen LogP contribution in [0.4, 0.5) is 0 Å². The minimum Gasteiger partial charge on any atom is -0.481 e. The molecule has 1 unspecified atom stereocenters. The molecule has 4 rings (SSSR count). The predicted octanol–water partition coefficient (Wildman–Crippen LogP) is 1.56. The van der Waals surface area contributed by atoms with E-state index in [1.807, 2.05) is 30.5 Å². The zero-order valence-corrected chi connectivity index (χ0v) is 20.0. The van der Waals surface area contributed by atoms with Crippen molar-refractivity contribution in [1.29, 1.82) is 0 Å². The van der Waals surface area contributed by atoms with Crippen LogP contribution in [0.5, 0.6) is 0 Å². The first-order chi connectivity index (χ1) is 15.2. The first kappa shape index (κ1) is 22.9. The number of thioether (sulfide) groups is 2. The molecule has 32 heavy (non-hydrogen) atoms. The second-order valence-electron chi connectivity index (χ2n) is 8.07. The number of hydrogen-bond donors (Lipinski definition) is 2. The van der Waals surface area contributed by atoms with Crippen LogP contribution in [0.1, 0.15) is 10.6 Å². The van der Waals surface area contributed by atoms with Gasteiger partial charge in [0, 0.05) is 46.6 Å². The fourth-order valence-corrected chi connectivity index (χ4v) is 7.32. The fraction of sp³-hybridized carbons (Fsp3) is 0.429. The Morgan fingerprint density at radius 1 is 1.34 bits per heavy atom. The highest BCUT2D eigenvalue weighted by molar-refractivity contribution is 8.00. The van der Waals surface area contributed by atoms with Crippen molar-refractivity contribution in [3.63, 3.8) is 0 Å². The van der Waals surface area contributed by atoms with E-state index < -0.39 is 17.4 Å². The molecule has 8 nitrogen and oxygen atoms in total. The SMILES string of the molecule is Cc1cc(SCC2(C(=O)O)CS[C@@H]3[C@H](NC(=O)Cc4cccs4)C(=O)N3C2)cc(=O)n1C. The van der Waals surface area contributed by atoms with E-state index in [4.69, 9.17) is 0 Å². The highest BCUT2D eigenvalue weighted by atomic mass is 32.2.